The second kappa shape index (κ2) is 4.77. The highest BCUT2D eigenvalue weighted by molar-refractivity contribution is 5.86. The van der Waals surface area contributed by atoms with Gasteiger partial charge >= 0.3 is 11.7 Å². The summed E-state index contributed by atoms with van der Waals surface area (Å²) in [6.07, 6.45) is 4.54. The zero-order chi connectivity index (χ0) is 13.3. The Labute approximate surface area is 102 Å². The number of carboxylic acid groups (broad SMARTS) is 1. The first-order chi connectivity index (χ1) is 8.50. The van der Waals surface area contributed by atoms with Crippen LogP contribution in [0.2, 0.25) is 0 Å². The van der Waals surface area contributed by atoms with E-state index in [0.29, 0.717) is 6.42 Å². The standard InChI is InChI=1S/C11H15N3O4/c12-7-3-1-2-4-8(7)14-5-6(10(16)17)9(15)13-11(14)18/h5,7-8H,1-4,12H2,(H,16,17)(H,13,15,18)/t7-,8+/m1/s1. The van der Waals surface area contributed by atoms with Crippen molar-refractivity contribution < 1.29 is 9.90 Å². The lowest BCUT2D eigenvalue weighted by molar-refractivity contribution is 0.0693. The number of aromatic amines is 1. The molecule has 2 rings (SSSR count). The van der Waals surface area contributed by atoms with Gasteiger partial charge < -0.3 is 10.8 Å². The van der Waals surface area contributed by atoms with Gasteiger partial charge in [-0.1, -0.05) is 12.8 Å². The Kier molecular flexibility index (Phi) is 3.33. The third kappa shape index (κ3) is 2.21. The van der Waals surface area contributed by atoms with E-state index >= 15 is 0 Å². The van der Waals surface area contributed by atoms with Gasteiger partial charge in [-0.3, -0.25) is 14.3 Å². The largest absolute Gasteiger partial charge is 0.477 e. The maximum absolute atomic E-state index is 11.7. The SMILES string of the molecule is N[C@@H]1CCCC[C@@H]1n1cc(C(=O)O)c(=O)[nH]c1=O. The van der Waals surface area contributed by atoms with E-state index in [1.54, 1.807) is 0 Å². The Morgan fingerprint density at radius 1 is 1.39 bits per heavy atom. The Morgan fingerprint density at radius 3 is 2.67 bits per heavy atom. The predicted octanol–water partition coefficient (Wildman–Crippen LogP) is -0.323. The van der Waals surface area contributed by atoms with Crippen LogP contribution in [-0.2, 0) is 0 Å². The van der Waals surface area contributed by atoms with Gasteiger partial charge in [0, 0.05) is 12.2 Å². The number of hydrogen-bond donors (Lipinski definition) is 3. The number of nitrogens with one attached hydrogen (secondary N) is 1. The fourth-order valence-electron chi connectivity index (χ4n) is 2.37. The summed E-state index contributed by atoms with van der Waals surface area (Å²) in [6, 6.07) is -0.440. The first kappa shape index (κ1) is 12.6. The van der Waals surface area contributed by atoms with Crippen LogP contribution in [0, 0.1) is 0 Å². The highest BCUT2D eigenvalue weighted by Gasteiger charge is 2.25. The van der Waals surface area contributed by atoms with Crippen molar-refractivity contribution >= 4 is 5.97 Å². The maximum Gasteiger partial charge on any atom is 0.342 e. The summed E-state index contributed by atoms with van der Waals surface area (Å²) >= 11 is 0. The van der Waals surface area contributed by atoms with Gasteiger partial charge in [0.2, 0.25) is 0 Å². The number of nitrogens with zero attached hydrogens (tertiary/aromatic N) is 1. The molecule has 1 aliphatic carbocycles. The van der Waals surface area contributed by atoms with Gasteiger partial charge in [-0.15, -0.1) is 0 Å². The van der Waals surface area contributed by atoms with Crippen LogP contribution in [0.4, 0.5) is 0 Å². The average molecular weight is 253 g/mol. The topological polar surface area (TPSA) is 118 Å². The van der Waals surface area contributed by atoms with E-state index in [1.165, 1.54) is 4.57 Å². The van der Waals surface area contributed by atoms with Crippen molar-refractivity contribution in [2.24, 2.45) is 5.73 Å². The van der Waals surface area contributed by atoms with Crippen LogP contribution in [0.1, 0.15) is 42.1 Å². The molecule has 0 aromatic carbocycles. The zero-order valence-corrected chi connectivity index (χ0v) is 9.76. The normalized spacial score (nSPS) is 23.8. The molecule has 0 saturated heterocycles. The molecule has 0 aliphatic heterocycles. The first-order valence-corrected chi connectivity index (χ1v) is 5.85. The summed E-state index contributed by atoms with van der Waals surface area (Å²) in [5.41, 5.74) is 4.02. The van der Waals surface area contributed by atoms with Crippen LogP contribution < -0.4 is 17.0 Å². The molecule has 1 heterocycles. The van der Waals surface area contributed by atoms with E-state index in [4.69, 9.17) is 10.8 Å². The predicted molar refractivity (Wildman–Crippen MR) is 63.8 cm³/mol. The minimum atomic E-state index is -1.35. The highest BCUT2D eigenvalue weighted by Crippen LogP contribution is 2.25. The van der Waals surface area contributed by atoms with E-state index in [-0.39, 0.29) is 12.1 Å². The lowest BCUT2D eigenvalue weighted by Gasteiger charge is -2.29. The minimum absolute atomic E-state index is 0.191. The highest BCUT2D eigenvalue weighted by atomic mass is 16.4. The molecule has 7 heteroatoms. The number of H-pyrrole nitrogens is 1. The van der Waals surface area contributed by atoms with Gasteiger partial charge in [0.05, 0.1) is 6.04 Å². The molecule has 0 radical (unpaired) electrons. The fraction of sp³-hybridized carbons (Fsp3) is 0.545. The van der Waals surface area contributed by atoms with Gasteiger partial charge in [-0.05, 0) is 12.8 Å². The second-order valence-electron chi connectivity index (χ2n) is 4.53. The van der Waals surface area contributed by atoms with Crippen LogP contribution in [0.15, 0.2) is 15.8 Å². The molecular formula is C11H15N3O4. The van der Waals surface area contributed by atoms with Gasteiger partial charge in [-0.25, -0.2) is 9.59 Å². The summed E-state index contributed by atoms with van der Waals surface area (Å²) in [7, 11) is 0. The Morgan fingerprint density at radius 2 is 2.06 bits per heavy atom. The van der Waals surface area contributed by atoms with E-state index in [0.717, 1.165) is 25.5 Å². The van der Waals surface area contributed by atoms with Crippen molar-refractivity contribution in [2.75, 3.05) is 0 Å². The molecular weight excluding hydrogens is 238 g/mol. The van der Waals surface area contributed by atoms with Crippen molar-refractivity contribution in [3.8, 4) is 0 Å². The number of carbonyl (C=O) groups is 1. The monoisotopic (exact) mass is 253 g/mol. The van der Waals surface area contributed by atoms with Gasteiger partial charge in [-0.2, -0.15) is 0 Å². The third-order valence-electron chi connectivity index (χ3n) is 3.34. The molecule has 0 spiro atoms. The summed E-state index contributed by atoms with van der Waals surface area (Å²) in [4.78, 5) is 35.9. The van der Waals surface area contributed by atoms with E-state index < -0.39 is 22.8 Å². The second-order valence-corrected chi connectivity index (χ2v) is 4.53. The molecule has 7 nitrogen and oxygen atoms in total. The molecule has 1 fully saturated rings. The maximum atomic E-state index is 11.7. The van der Waals surface area contributed by atoms with Gasteiger partial charge in [0.15, 0.2) is 0 Å². The smallest absolute Gasteiger partial charge is 0.342 e. The fourth-order valence-corrected chi connectivity index (χ4v) is 2.37. The lowest BCUT2D eigenvalue weighted by Crippen LogP contribution is -2.43. The first-order valence-electron chi connectivity index (χ1n) is 5.85. The van der Waals surface area contributed by atoms with Crippen LogP contribution in [-0.4, -0.2) is 26.7 Å². The number of aromatic nitrogens is 2. The molecule has 0 amide bonds. The number of nitrogens with two attached hydrogens (primary N) is 1. The number of rotatable bonds is 2. The molecule has 1 aliphatic rings. The van der Waals surface area contributed by atoms with Crippen LogP contribution >= 0.6 is 0 Å². The minimum Gasteiger partial charge on any atom is -0.477 e. The number of hydrogen-bond acceptors (Lipinski definition) is 4. The molecule has 0 unspecified atom stereocenters. The number of carboxylic acids is 1. The quantitative estimate of drug-likeness (QED) is 0.667. The third-order valence-corrected chi connectivity index (χ3v) is 3.34. The van der Waals surface area contributed by atoms with Crippen LogP contribution in [0.3, 0.4) is 0 Å². The van der Waals surface area contributed by atoms with Crippen molar-refractivity contribution in [1.82, 2.24) is 9.55 Å². The molecule has 1 aromatic rings. The van der Waals surface area contributed by atoms with Crippen molar-refractivity contribution in [3.63, 3.8) is 0 Å². The Hall–Kier alpha value is -1.89. The summed E-state index contributed by atoms with van der Waals surface area (Å²) in [5.74, 6) is -1.35. The molecule has 18 heavy (non-hydrogen) atoms. The van der Waals surface area contributed by atoms with Crippen molar-refractivity contribution in [1.29, 1.82) is 0 Å². The average Bonchev–Trinajstić information content (AvgIpc) is 2.30. The molecule has 1 aromatic heterocycles. The summed E-state index contributed by atoms with van der Waals surface area (Å²) in [5, 5.41) is 8.88. The number of aromatic carboxylic acids is 1. The molecule has 1 saturated carbocycles. The van der Waals surface area contributed by atoms with Gasteiger partial charge in [0.25, 0.3) is 5.56 Å². The summed E-state index contributed by atoms with van der Waals surface area (Å²) in [6.45, 7) is 0. The van der Waals surface area contributed by atoms with Crippen LogP contribution in [0.25, 0.3) is 0 Å². The zero-order valence-electron chi connectivity index (χ0n) is 9.76. The van der Waals surface area contributed by atoms with E-state index in [1.807, 2.05) is 4.98 Å². The molecule has 98 valence electrons. The Balaban J connectivity index is 2.50. The van der Waals surface area contributed by atoms with Gasteiger partial charge in [0.1, 0.15) is 5.56 Å². The Bertz CT molecular complexity index is 574. The van der Waals surface area contributed by atoms with Crippen molar-refractivity contribution in [2.45, 2.75) is 37.8 Å². The summed E-state index contributed by atoms with van der Waals surface area (Å²) < 4.78 is 1.24. The van der Waals surface area contributed by atoms with E-state index in [9.17, 15) is 14.4 Å². The van der Waals surface area contributed by atoms with Crippen LogP contribution in [0.5, 0.6) is 0 Å². The molecule has 4 N–H and O–H groups in total. The van der Waals surface area contributed by atoms with Crippen molar-refractivity contribution in [3.05, 3.63) is 32.6 Å². The van der Waals surface area contributed by atoms with E-state index in [2.05, 4.69) is 0 Å². The molecule has 2 atom stereocenters. The molecule has 0 bridgehead atoms. The lowest BCUT2D eigenvalue weighted by atomic mass is 9.91.